The van der Waals surface area contributed by atoms with Crippen LogP contribution in [0.25, 0.3) is 0 Å². The summed E-state index contributed by atoms with van der Waals surface area (Å²) in [5, 5.41) is 2.51. The van der Waals surface area contributed by atoms with Gasteiger partial charge in [0.2, 0.25) is 6.41 Å². The summed E-state index contributed by atoms with van der Waals surface area (Å²) < 4.78 is 5.09. The van der Waals surface area contributed by atoms with Crippen molar-refractivity contribution < 1.29 is 9.53 Å². The van der Waals surface area contributed by atoms with E-state index in [0.717, 1.165) is 11.3 Å². The Hall–Kier alpha value is -1.29. The molecule has 0 unspecified atom stereocenters. The third-order valence-corrected chi connectivity index (χ3v) is 1.58. The summed E-state index contributed by atoms with van der Waals surface area (Å²) >= 11 is 0. The summed E-state index contributed by atoms with van der Waals surface area (Å²) in [5.74, 6) is 0.689. The van der Waals surface area contributed by atoms with Crippen LogP contribution in [-0.2, 0) is 9.53 Å². The average molecular weight is 184 g/mol. The van der Waals surface area contributed by atoms with E-state index >= 15 is 0 Å². The predicted molar refractivity (Wildman–Crippen MR) is 51.7 cm³/mol. The normalized spacial score (nSPS) is 13.4. The highest BCUT2D eigenvalue weighted by atomic mass is 16.5. The zero-order valence-electron chi connectivity index (χ0n) is 8.26. The van der Waals surface area contributed by atoms with Crippen molar-refractivity contribution in [1.82, 2.24) is 5.32 Å². The molecule has 13 heavy (non-hydrogen) atoms. The second-order valence-electron chi connectivity index (χ2n) is 2.64. The van der Waals surface area contributed by atoms with Crippen LogP contribution in [0, 0.1) is 0 Å². The maximum Gasteiger partial charge on any atom is 0.211 e. The predicted octanol–water partition coefficient (Wildman–Crippen LogP) is 0.515. The van der Waals surface area contributed by atoms with Crippen LogP contribution >= 0.6 is 0 Å². The standard InChI is InChI=1S/C9H16N2O2/c1-7(5-10)9(13-3)4-8(2)11-6-12/h4,6H,5,10H2,1-3H3,(H,11,12)/b8-4-,9-7-. The van der Waals surface area contributed by atoms with Crippen LogP contribution < -0.4 is 11.1 Å². The molecule has 0 spiro atoms. The molecule has 0 bridgehead atoms. The number of nitrogens with one attached hydrogen (secondary N) is 1. The topological polar surface area (TPSA) is 64.3 Å². The molecule has 0 aromatic carbocycles. The Balaban J connectivity index is 4.61. The number of hydrogen-bond acceptors (Lipinski definition) is 3. The van der Waals surface area contributed by atoms with Gasteiger partial charge in [0.25, 0.3) is 0 Å². The molecule has 0 rings (SSSR count). The van der Waals surface area contributed by atoms with Gasteiger partial charge < -0.3 is 15.8 Å². The van der Waals surface area contributed by atoms with Gasteiger partial charge in [-0.1, -0.05) is 0 Å². The summed E-state index contributed by atoms with van der Waals surface area (Å²) in [7, 11) is 1.57. The van der Waals surface area contributed by atoms with E-state index in [4.69, 9.17) is 10.5 Å². The minimum absolute atomic E-state index is 0.439. The molecule has 0 aliphatic heterocycles. The fourth-order valence-corrected chi connectivity index (χ4v) is 0.788. The van der Waals surface area contributed by atoms with Crippen molar-refractivity contribution in [1.29, 1.82) is 0 Å². The molecule has 0 aliphatic rings. The molecule has 0 radical (unpaired) electrons. The lowest BCUT2D eigenvalue weighted by Crippen LogP contribution is -2.09. The van der Waals surface area contributed by atoms with Gasteiger partial charge in [0.1, 0.15) is 5.76 Å². The van der Waals surface area contributed by atoms with Crippen LogP contribution in [0.1, 0.15) is 13.8 Å². The van der Waals surface area contributed by atoms with Gasteiger partial charge in [0.15, 0.2) is 0 Å². The van der Waals surface area contributed by atoms with Crippen LogP contribution in [0.2, 0.25) is 0 Å². The van der Waals surface area contributed by atoms with E-state index < -0.39 is 0 Å². The van der Waals surface area contributed by atoms with Crippen LogP contribution in [0.3, 0.4) is 0 Å². The molecule has 0 aromatic heterocycles. The Bertz CT molecular complexity index is 232. The number of allylic oxidation sites excluding steroid dienone is 2. The van der Waals surface area contributed by atoms with Gasteiger partial charge in [0.05, 0.1) is 7.11 Å². The Morgan fingerprint density at radius 3 is 2.54 bits per heavy atom. The number of amides is 1. The van der Waals surface area contributed by atoms with Gasteiger partial charge in [0, 0.05) is 12.2 Å². The molecule has 0 saturated heterocycles. The number of carbonyl (C=O) groups is 1. The minimum Gasteiger partial charge on any atom is -0.497 e. The van der Waals surface area contributed by atoms with Crippen molar-refractivity contribution in [2.45, 2.75) is 13.8 Å². The number of methoxy groups -OCH3 is 1. The first-order valence-electron chi connectivity index (χ1n) is 3.98. The van der Waals surface area contributed by atoms with E-state index in [1.807, 2.05) is 6.92 Å². The number of carbonyl (C=O) groups excluding carboxylic acids is 1. The highest BCUT2D eigenvalue weighted by Gasteiger charge is 1.98. The molecule has 3 N–H and O–H groups in total. The first-order chi connectivity index (χ1) is 6.15. The Morgan fingerprint density at radius 2 is 2.15 bits per heavy atom. The Labute approximate surface area is 78.4 Å². The lowest BCUT2D eigenvalue weighted by atomic mass is 10.2. The van der Waals surface area contributed by atoms with E-state index in [2.05, 4.69) is 5.32 Å². The lowest BCUT2D eigenvalue weighted by molar-refractivity contribution is -0.108. The summed E-state index contributed by atoms with van der Waals surface area (Å²) in [4.78, 5) is 10.1. The smallest absolute Gasteiger partial charge is 0.211 e. The van der Waals surface area contributed by atoms with Crippen LogP contribution in [0.5, 0.6) is 0 Å². The molecule has 0 heterocycles. The Kier molecular flexibility index (Phi) is 5.63. The summed E-state index contributed by atoms with van der Waals surface area (Å²) in [5.41, 5.74) is 7.10. The van der Waals surface area contributed by atoms with Gasteiger partial charge >= 0.3 is 0 Å². The third-order valence-electron chi connectivity index (χ3n) is 1.58. The lowest BCUT2D eigenvalue weighted by Gasteiger charge is -2.06. The molecule has 0 aliphatic carbocycles. The van der Waals surface area contributed by atoms with E-state index in [1.54, 1.807) is 20.1 Å². The molecule has 4 nitrogen and oxygen atoms in total. The van der Waals surface area contributed by atoms with Crippen LogP contribution in [-0.4, -0.2) is 20.1 Å². The zero-order valence-corrected chi connectivity index (χ0v) is 8.26. The monoisotopic (exact) mass is 184 g/mol. The quantitative estimate of drug-likeness (QED) is 0.372. The molecule has 74 valence electrons. The number of hydrogen-bond donors (Lipinski definition) is 2. The largest absolute Gasteiger partial charge is 0.497 e. The summed E-state index contributed by atoms with van der Waals surface area (Å²) in [6.07, 6.45) is 2.35. The second kappa shape index (κ2) is 6.25. The molecule has 0 atom stereocenters. The maximum absolute atomic E-state index is 10.1. The molecule has 0 aromatic rings. The van der Waals surface area contributed by atoms with Crippen LogP contribution in [0.15, 0.2) is 23.1 Å². The summed E-state index contributed by atoms with van der Waals surface area (Å²) in [6.45, 7) is 4.09. The van der Waals surface area contributed by atoms with Crippen molar-refractivity contribution in [2.24, 2.45) is 5.73 Å². The van der Waals surface area contributed by atoms with Crippen molar-refractivity contribution in [3.63, 3.8) is 0 Å². The van der Waals surface area contributed by atoms with Gasteiger partial charge in [-0.2, -0.15) is 0 Å². The first kappa shape index (κ1) is 11.7. The van der Waals surface area contributed by atoms with Gasteiger partial charge in [-0.15, -0.1) is 0 Å². The Morgan fingerprint density at radius 1 is 1.54 bits per heavy atom. The maximum atomic E-state index is 10.1. The van der Waals surface area contributed by atoms with Gasteiger partial charge in [-0.25, -0.2) is 0 Å². The average Bonchev–Trinajstić information content (AvgIpc) is 2.13. The van der Waals surface area contributed by atoms with Crippen molar-refractivity contribution in [3.05, 3.63) is 23.1 Å². The first-order valence-corrected chi connectivity index (χ1v) is 3.98. The van der Waals surface area contributed by atoms with Crippen molar-refractivity contribution in [3.8, 4) is 0 Å². The minimum atomic E-state index is 0.439. The fraction of sp³-hybridized carbons (Fsp3) is 0.444. The van der Waals surface area contributed by atoms with E-state index in [0.29, 0.717) is 18.7 Å². The van der Waals surface area contributed by atoms with E-state index in [-0.39, 0.29) is 0 Å². The fourth-order valence-electron chi connectivity index (χ4n) is 0.788. The van der Waals surface area contributed by atoms with Crippen LogP contribution in [0.4, 0.5) is 0 Å². The van der Waals surface area contributed by atoms with Gasteiger partial charge in [-0.05, 0) is 25.5 Å². The number of nitrogens with two attached hydrogens (primary N) is 1. The zero-order chi connectivity index (χ0) is 10.3. The van der Waals surface area contributed by atoms with Crippen molar-refractivity contribution >= 4 is 6.41 Å². The van der Waals surface area contributed by atoms with Crippen molar-refractivity contribution in [2.75, 3.05) is 13.7 Å². The molecule has 0 saturated carbocycles. The molecule has 1 amide bonds. The molecular weight excluding hydrogens is 168 g/mol. The SMILES string of the molecule is COC(/C=C(/C)NC=O)=C(/C)CN. The second-order valence-corrected chi connectivity index (χ2v) is 2.64. The highest BCUT2D eigenvalue weighted by Crippen LogP contribution is 2.06. The highest BCUT2D eigenvalue weighted by molar-refractivity contribution is 5.50. The molecular formula is C9H16N2O2. The van der Waals surface area contributed by atoms with E-state index in [1.165, 1.54) is 0 Å². The summed E-state index contributed by atoms with van der Waals surface area (Å²) in [6, 6.07) is 0. The van der Waals surface area contributed by atoms with Gasteiger partial charge in [-0.3, -0.25) is 4.79 Å². The van der Waals surface area contributed by atoms with E-state index in [9.17, 15) is 4.79 Å². The number of rotatable bonds is 5. The molecule has 0 fully saturated rings. The molecule has 4 heteroatoms. The third kappa shape index (κ3) is 4.32. The number of ether oxygens (including phenoxy) is 1.